The van der Waals surface area contributed by atoms with Gasteiger partial charge in [-0.1, -0.05) is 60.7 Å². The maximum Gasteiger partial charge on any atom is 0.277 e. The third kappa shape index (κ3) is 4.85. The van der Waals surface area contributed by atoms with E-state index in [0.29, 0.717) is 18.5 Å². The number of rotatable bonds is 3. The Balaban J connectivity index is 1.47. The number of thioether (sulfide) groups is 1. The fraction of sp³-hybridized carbons (Fsp3) is 0.212. The van der Waals surface area contributed by atoms with Crippen molar-refractivity contribution in [3.8, 4) is 11.5 Å². The summed E-state index contributed by atoms with van der Waals surface area (Å²) >= 11 is 1.42. The van der Waals surface area contributed by atoms with E-state index in [1.165, 1.54) is 17.8 Å². The first kappa shape index (κ1) is 27.3. The largest absolute Gasteiger partial charge is 0.489 e. The van der Waals surface area contributed by atoms with E-state index >= 15 is 4.39 Å². The third-order valence-corrected chi connectivity index (χ3v) is 9.01. The number of halogens is 2. The lowest BCUT2D eigenvalue weighted by Gasteiger charge is -2.44. The number of amides is 1. The van der Waals surface area contributed by atoms with E-state index in [2.05, 4.69) is 0 Å². The molecule has 3 aromatic carbocycles. The van der Waals surface area contributed by atoms with Gasteiger partial charge in [-0.05, 0) is 23.6 Å². The summed E-state index contributed by atoms with van der Waals surface area (Å²) < 4.78 is 44.4. The Morgan fingerprint density at radius 3 is 2.67 bits per heavy atom. The maximum atomic E-state index is 15.6. The Kier molecular flexibility index (Phi) is 7.14. The van der Waals surface area contributed by atoms with Crippen LogP contribution in [0, 0.1) is 11.6 Å². The number of hydrogen-bond donors (Lipinski definition) is 0. The van der Waals surface area contributed by atoms with Gasteiger partial charge in [0.1, 0.15) is 31.7 Å². The molecule has 4 aromatic rings. The molecule has 7 nitrogen and oxygen atoms in total. The predicted octanol–water partition coefficient (Wildman–Crippen LogP) is 5.79. The van der Waals surface area contributed by atoms with Crippen LogP contribution in [-0.4, -0.2) is 35.3 Å². The molecule has 2 bridgehead atoms. The first-order valence-corrected chi connectivity index (χ1v) is 15.0. The summed E-state index contributed by atoms with van der Waals surface area (Å²) in [5, 5.41) is 1.91. The fourth-order valence-electron chi connectivity index (χ4n) is 5.86. The van der Waals surface area contributed by atoms with Gasteiger partial charge in [0.25, 0.3) is 5.91 Å². The van der Waals surface area contributed by atoms with E-state index in [1.807, 2.05) is 71.8 Å². The first-order chi connectivity index (χ1) is 21.0. The molecular formula is C33H27F2N3O4S. The monoisotopic (exact) mass is 599 g/mol. The molecule has 4 heterocycles. The number of carbonyl (C=O) groups excluding carboxylic acids is 1. The van der Waals surface area contributed by atoms with Crippen LogP contribution < -0.4 is 19.9 Å². The van der Waals surface area contributed by atoms with Crippen molar-refractivity contribution in [1.82, 2.24) is 9.58 Å². The molecule has 0 saturated heterocycles. The predicted molar refractivity (Wildman–Crippen MR) is 159 cm³/mol. The average molecular weight is 600 g/mol. The Labute approximate surface area is 250 Å². The minimum absolute atomic E-state index is 0.0630. The molecule has 7 rings (SSSR count). The molecular weight excluding hydrogens is 572 g/mol. The highest BCUT2D eigenvalue weighted by molar-refractivity contribution is 7.98. The number of hydrogen-bond acceptors (Lipinski definition) is 6. The van der Waals surface area contributed by atoms with Gasteiger partial charge in [-0.3, -0.25) is 19.3 Å². The van der Waals surface area contributed by atoms with Crippen molar-refractivity contribution in [2.24, 2.45) is 0 Å². The smallest absolute Gasteiger partial charge is 0.277 e. The van der Waals surface area contributed by atoms with E-state index in [4.69, 9.17) is 9.47 Å². The Hall–Kier alpha value is -4.57. The highest BCUT2D eigenvalue weighted by atomic mass is 32.2. The molecule has 1 atom stereocenters. The summed E-state index contributed by atoms with van der Waals surface area (Å²) in [7, 11) is 0. The van der Waals surface area contributed by atoms with Crippen LogP contribution in [0.1, 0.15) is 45.2 Å². The molecule has 0 unspecified atom stereocenters. The second-order valence-corrected chi connectivity index (χ2v) is 11.5. The van der Waals surface area contributed by atoms with Crippen LogP contribution in [0.15, 0.2) is 94.8 Å². The van der Waals surface area contributed by atoms with Crippen molar-refractivity contribution in [3.05, 3.63) is 135 Å². The van der Waals surface area contributed by atoms with Crippen molar-refractivity contribution in [1.29, 1.82) is 0 Å². The van der Waals surface area contributed by atoms with E-state index < -0.39 is 23.1 Å². The van der Waals surface area contributed by atoms with Crippen LogP contribution in [0.5, 0.6) is 11.5 Å². The number of nitrogens with zero attached hydrogens (tertiary/aromatic N) is 3. The zero-order valence-electron chi connectivity index (χ0n) is 23.0. The van der Waals surface area contributed by atoms with Crippen molar-refractivity contribution < 1.29 is 23.0 Å². The second-order valence-electron chi connectivity index (χ2n) is 10.5. The number of benzene rings is 3. The first-order valence-electron chi connectivity index (χ1n) is 14.0. The molecule has 0 spiro atoms. The summed E-state index contributed by atoms with van der Waals surface area (Å²) in [6, 6.07) is 18.9. The van der Waals surface area contributed by atoms with E-state index in [1.54, 1.807) is 15.8 Å². The molecule has 0 N–H and O–H groups in total. The zero-order valence-corrected chi connectivity index (χ0v) is 23.9. The number of pyridine rings is 1. The summed E-state index contributed by atoms with van der Waals surface area (Å²) in [5.74, 6) is -1.89. The van der Waals surface area contributed by atoms with Crippen molar-refractivity contribution in [2.75, 3.05) is 24.8 Å². The normalized spacial score (nSPS) is 18.2. The van der Waals surface area contributed by atoms with Gasteiger partial charge in [0.15, 0.2) is 23.1 Å². The zero-order chi connectivity index (χ0) is 29.5. The molecule has 0 aliphatic carbocycles. The Morgan fingerprint density at radius 1 is 1.00 bits per heavy atom. The highest BCUT2D eigenvalue weighted by Gasteiger charge is 2.41. The lowest BCUT2D eigenvalue weighted by Crippen LogP contribution is -2.56. The summed E-state index contributed by atoms with van der Waals surface area (Å²) in [5.41, 5.74) is 2.03. The van der Waals surface area contributed by atoms with E-state index in [0.717, 1.165) is 22.1 Å². The number of carbonyl (C=O) groups is 1. The molecule has 10 heteroatoms. The van der Waals surface area contributed by atoms with Crippen molar-refractivity contribution in [2.45, 2.75) is 29.7 Å². The molecule has 218 valence electrons. The van der Waals surface area contributed by atoms with Gasteiger partial charge in [0.05, 0.1) is 0 Å². The topological polar surface area (TPSA) is 64.0 Å². The average Bonchev–Trinajstić information content (AvgIpc) is 3.19. The SMILES string of the molecule is O=C1c2c(OCc3ccccc3)c(=O)ccn2N2CN1CC/C=C\COc1cc(F)c(F)c3c1[C@H]2c1ccccc1SC3. The summed E-state index contributed by atoms with van der Waals surface area (Å²) in [6.07, 6.45) is 5.78. The van der Waals surface area contributed by atoms with E-state index in [-0.39, 0.29) is 54.3 Å². The summed E-state index contributed by atoms with van der Waals surface area (Å²) in [4.78, 5) is 29.9. The maximum absolute atomic E-state index is 15.6. The van der Waals surface area contributed by atoms with Gasteiger partial charge in [-0.2, -0.15) is 0 Å². The van der Waals surface area contributed by atoms with Gasteiger partial charge in [-0.15, -0.1) is 11.8 Å². The standard InChI is InChI=1S/C33H27F2N3O4S/c34-24-17-26-28-23(29(24)35)19-43-27-12-6-5-11-22(27)30(28)38-20-36(14-7-2-8-16-41-26)33(40)31-32(25(39)13-15-37(31)38)42-18-21-9-3-1-4-10-21/h1-6,8-13,15,17,30H,7,14,16,18-20H2/b8-2-/t30-/m1/s1. The molecule has 0 radical (unpaired) electrons. The molecule has 43 heavy (non-hydrogen) atoms. The van der Waals surface area contributed by atoms with Crippen molar-refractivity contribution in [3.63, 3.8) is 0 Å². The van der Waals surface area contributed by atoms with Gasteiger partial charge < -0.3 is 14.4 Å². The van der Waals surface area contributed by atoms with Gasteiger partial charge in [0.2, 0.25) is 5.43 Å². The second kappa shape index (κ2) is 11.3. The lowest BCUT2D eigenvalue weighted by molar-refractivity contribution is 0.0679. The van der Waals surface area contributed by atoms with Crippen LogP contribution >= 0.6 is 11.8 Å². The minimum atomic E-state index is -0.980. The molecule has 0 fully saturated rings. The number of ether oxygens (including phenoxy) is 2. The highest BCUT2D eigenvalue weighted by Crippen LogP contribution is 2.47. The number of fused-ring (bicyclic) bond motifs is 7. The molecule has 1 aromatic heterocycles. The van der Waals surface area contributed by atoms with Crippen LogP contribution in [0.4, 0.5) is 8.78 Å². The summed E-state index contributed by atoms with van der Waals surface area (Å²) in [6.45, 7) is 0.751. The van der Waals surface area contributed by atoms with Gasteiger partial charge in [0, 0.05) is 46.6 Å². The third-order valence-electron chi connectivity index (χ3n) is 7.89. The van der Waals surface area contributed by atoms with Gasteiger partial charge >= 0.3 is 0 Å². The number of aromatic nitrogens is 1. The minimum Gasteiger partial charge on any atom is -0.489 e. The molecule has 1 amide bonds. The Bertz CT molecular complexity index is 1810. The molecule has 3 aliphatic rings. The quantitative estimate of drug-likeness (QED) is 0.278. The van der Waals surface area contributed by atoms with Crippen LogP contribution in [0.2, 0.25) is 0 Å². The van der Waals surface area contributed by atoms with Crippen LogP contribution in [0.25, 0.3) is 0 Å². The lowest BCUT2D eigenvalue weighted by atomic mass is 9.92. The van der Waals surface area contributed by atoms with Crippen molar-refractivity contribution >= 4 is 17.7 Å². The van der Waals surface area contributed by atoms with Crippen LogP contribution in [0.3, 0.4) is 0 Å². The van der Waals surface area contributed by atoms with Gasteiger partial charge in [-0.25, -0.2) is 8.78 Å². The fourth-order valence-corrected chi connectivity index (χ4v) is 6.96. The van der Waals surface area contributed by atoms with Crippen LogP contribution in [-0.2, 0) is 12.4 Å². The van der Waals surface area contributed by atoms with E-state index in [9.17, 15) is 14.0 Å². The molecule has 3 aliphatic heterocycles. The Morgan fingerprint density at radius 2 is 1.81 bits per heavy atom. The molecule has 0 saturated carbocycles.